The molecule has 0 bridgehead atoms. The molecule has 0 aromatic heterocycles. The van der Waals surface area contributed by atoms with Gasteiger partial charge in [-0.25, -0.2) is 0 Å². The van der Waals surface area contributed by atoms with E-state index in [1.54, 1.807) is 7.05 Å². The zero-order valence-electron chi connectivity index (χ0n) is 15.8. The van der Waals surface area contributed by atoms with Gasteiger partial charge in [-0.05, 0) is 30.2 Å². The Morgan fingerprint density at radius 3 is 2.64 bits per heavy atom. The highest BCUT2D eigenvalue weighted by molar-refractivity contribution is 8.01. The molecule has 0 saturated heterocycles. The molecule has 7 heteroatoms. The van der Waals surface area contributed by atoms with Gasteiger partial charge in [0.1, 0.15) is 0 Å². The van der Waals surface area contributed by atoms with Crippen molar-refractivity contribution in [1.82, 2.24) is 4.90 Å². The van der Waals surface area contributed by atoms with Crippen molar-refractivity contribution in [2.24, 2.45) is 0 Å². The van der Waals surface area contributed by atoms with Crippen LogP contribution in [0.25, 0.3) is 0 Å². The number of hydrogen-bond acceptors (Lipinski definition) is 5. The average molecular weight is 398 g/mol. The molecule has 2 aromatic carbocycles. The molecule has 1 N–H and O–H groups in total. The lowest BCUT2D eigenvalue weighted by Crippen LogP contribution is -2.33. The van der Waals surface area contributed by atoms with E-state index < -0.39 is 11.2 Å². The monoisotopic (exact) mass is 398 g/mol. The number of nitrogens with zero attached hydrogens (tertiary/aromatic N) is 1. The van der Waals surface area contributed by atoms with Crippen molar-refractivity contribution in [2.75, 3.05) is 19.0 Å². The molecule has 2 amide bonds. The lowest BCUT2D eigenvalue weighted by Gasteiger charge is -2.23. The van der Waals surface area contributed by atoms with E-state index in [0.717, 1.165) is 21.7 Å². The third kappa shape index (κ3) is 4.92. The molecule has 1 heterocycles. The molecular formula is C21H22N2O4S. The van der Waals surface area contributed by atoms with Gasteiger partial charge in [-0.1, -0.05) is 36.4 Å². The van der Waals surface area contributed by atoms with Crippen LogP contribution in [-0.4, -0.2) is 41.6 Å². The third-order valence-corrected chi connectivity index (χ3v) is 5.78. The predicted octanol–water partition coefficient (Wildman–Crippen LogP) is 3.00. The van der Waals surface area contributed by atoms with E-state index in [0.29, 0.717) is 6.54 Å². The van der Waals surface area contributed by atoms with E-state index in [-0.39, 0.29) is 24.8 Å². The number of fused-ring (bicyclic) bond motifs is 1. The van der Waals surface area contributed by atoms with Gasteiger partial charge in [-0.15, -0.1) is 11.8 Å². The van der Waals surface area contributed by atoms with Crippen molar-refractivity contribution in [3.63, 3.8) is 0 Å². The minimum Gasteiger partial charge on any atom is -0.456 e. The smallest absolute Gasteiger partial charge is 0.307 e. The number of carbonyl (C=O) groups excluding carboxylic acids is 3. The summed E-state index contributed by atoms with van der Waals surface area (Å²) in [6.45, 7) is 2.09. The van der Waals surface area contributed by atoms with Crippen LogP contribution in [0, 0.1) is 6.92 Å². The Labute approximate surface area is 168 Å². The van der Waals surface area contributed by atoms with Gasteiger partial charge in [0, 0.05) is 18.5 Å². The number of benzene rings is 2. The Kier molecular flexibility index (Phi) is 6.36. The van der Waals surface area contributed by atoms with Crippen LogP contribution >= 0.6 is 11.8 Å². The average Bonchev–Trinajstić information content (AvgIpc) is 2.68. The molecule has 6 nitrogen and oxygen atoms in total. The molecule has 0 aliphatic carbocycles. The van der Waals surface area contributed by atoms with E-state index in [9.17, 15) is 14.4 Å². The highest BCUT2D eigenvalue weighted by Gasteiger charge is 2.29. The molecule has 28 heavy (non-hydrogen) atoms. The molecule has 0 radical (unpaired) electrons. The first-order valence-electron chi connectivity index (χ1n) is 8.94. The Morgan fingerprint density at radius 1 is 1.14 bits per heavy atom. The number of ether oxygens (including phenoxy) is 1. The van der Waals surface area contributed by atoms with Crippen LogP contribution < -0.4 is 5.32 Å². The number of likely N-dealkylation sites (N-methyl/N-ethyl adjacent to an activating group) is 1. The second-order valence-electron chi connectivity index (χ2n) is 6.63. The Bertz CT molecular complexity index is 899. The Hall–Kier alpha value is -2.80. The summed E-state index contributed by atoms with van der Waals surface area (Å²) in [5.41, 5.74) is 2.88. The summed E-state index contributed by atoms with van der Waals surface area (Å²) in [5.74, 6) is -1.09. The summed E-state index contributed by atoms with van der Waals surface area (Å²) in [5, 5.41) is 2.22. The quantitative estimate of drug-likeness (QED) is 0.757. The number of para-hydroxylation sites is 1. The number of thioether (sulfide) groups is 1. The van der Waals surface area contributed by atoms with E-state index in [4.69, 9.17) is 4.74 Å². The molecule has 3 rings (SSSR count). The summed E-state index contributed by atoms with van der Waals surface area (Å²) in [6, 6.07) is 15.2. The van der Waals surface area contributed by atoms with Gasteiger partial charge in [0.2, 0.25) is 5.91 Å². The molecule has 1 atom stereocenters. The van der Waals surface area contributed by atoms with Crippen LogP contribution in [-0.2, 0) is 25.7 Å². The number of esters is 1. The van der Waals surface area contributed by atoms with Gasteiger partial charge < -0.3 is 15.0 Å². The standard InChI is InChI=1S/C21H22N2O4S/c1-14-7-3-4-8-15(14)12-23(2)19(24)13-27-20(25)11-18-21(26)22-16-9-5-6-10-17(16)28-18/h3-10,18H,11-13H2,1-2H3,(H,22,26)/t18-/m0/s1. The molecule has 0 spiro atoms. The fraction of sp³-hybridized carbons (Fsp3) is 0.286. The van der Waals surface area contributed by atoms with E-state index in [1.807, 2.05) is 55.5 Å². The molecule has 1 aliphatic rings. The number of hydrogen-bond donors (Lipinski definition) is 1. The second-order valence-corrected chi connectivity index (χ2v) is 7.88. The van der Waals surface area contributed by atoms with Crippen molar-refractivity contribution < 1.29 is 19.1 Å². The van der Waals surface area contributed by atoms with Crippen molar-refractivity contribution in [2.45, 2.75) is 30.0 Å². The number of amides is 2. The SMILES string of the molecule is Cc1ccccc1CN(C)C(=O)COC(=O)C[C@@H]1Sc2ccccc2NC1=O. The van der Waals surface area contributed by atoms with Crippen LogP contribution in [0.3, 0.4) is 0 Å². The summed E-state index contributed by atoms with van der Waals surface area (Å²) >= 11 is 1.33. The minimum absolute atomic E-state index is 0.0837. The maximum absolute atomic E-state index is 12.2. The van der Waals surface area contributed by atoms with Crippen molar-refractivity contribution in [3.8, 4) is 0 Å². The highest BCUT2D eigenvalue weighted by Crippen LogP contribution is 2.36. The number of aryl methyl sites for hydroxylation is 1. The molecule has 2 aromatic rings. The van der Waals surface area contributed by atoms with Crippen LogP contribution in [0.15, 0.2) is 53.4 Å². The fourth-order valence-electron chi connectivity index (χ4n) is 2.82. The zero-order chi connectivity index (χ0) is 20.1. The van der Waals surface area contributed by atoms with Crippen LogP contribution in [0.5, 0.6) is 0 Å². The van der Waals surface area contributed by atoms with E-state index in [2.05, 4.69) is 5.32 Å². The maximum Gasteiger partial charge on any atom is 0.307 e. The van der Waals surface area contributed by atoms with Crippen molar-refractivity contribution >= 4 is 35.2 Å². The lowest BCUT2D eigenvalue weighted by molar-refractivity contribution is -0.152. The topological polar surface area (TPSA) is 75.7 Å². The van der Waals surface area contributed by atoms with Gasteiger partial charge in [-0.2, -0.15) is 0 Å². The summed E-state index contributed by atoms with van der Waals surface area (Å²) < 4.78 is 5.11. The number of nitrogens with one attached hydrogen (secondary N) is 1. The van der Waals surface area contributed by atoms with Gasteiger partial charge >= 0.3 is 5.97 Å². The first-order chi connectivity index (χ1) is 13.4. The fourth-order valence-corrected chi connectivity index (χ4v) is 3.92. The number of rotatable bonds is 6. The minimum atomic E-state index is -0.567. The summed E-state index contributed by atoms with van der Waals surface area (Å²) in [7, 11) is 1.67. The molecule has 1 aliphatic heterocycles. The van der Waals surface area contributed by atoms with Crippen LogP contribution in [0.2, 0.25) is 0 Å². The molecule has 0 fully saturated rings. The van der Waals surface area contributed by atoms with E-state index in [1.165, 1.54) is 16.7 Å². The van der Waals surface area contributed by atoms with E-state index >= 15 is 0 Å². The highest BCUT2D eigenvalue weighted by atomic mass is 32.2. The molecule has 0 unspecified atom stereocenters. The van der Waals surface area contributed by atoms with Crippen molar-refractivity contribution in [3.05, 3.63) is 59.7 Å². The van der Waals surface area contributed by atoms with Gasteiger partial charge in [-0.3, -0.25) is 14.4 Å². The molecule has 146 valence electrons. The van der Waals surface area contributed by atoms with Crippen LogP contribution in [0.4, 0.5) is 5.69 Å². The van der Waals surface area contributed by atoms with Crippen LogP contribution in [0.1, 0.15) is 17.5 Å². The Morgan fingerprint density at radius 2 is 1.86 bits per heavy atom. The van der Waals surface area contributed by atoms with Gasteiger partial charge in [0.25, 0.3) is 5.91 Å². The summed E-state index contributed by atoms with van der Waals surface area (Å²) in [4.78, 5) is 39.0. The zero-order valence-corrected chi connectivity index (χ0v) is 16.6. The third-order valence-electron chi connectivity index (χ3n) is 4.51. The first kappa shape index (κ1) is 19.9. The number of anilines is 1. The largest absolute Gasteiger partial charge is 0.456 e. The van der Waals surface area contributed by atoms with Crippen molar-refractivity contribution in [1.29, 1.82) is 0 Å². The maximum atomic E-state index is 12.2. The normalized spacial score (nSPS) is 15.4. The second kappa shape index (κ2) is 8.93. The molecular weight excluding hydrogens is 376 g/mol. The van der Waals surface area contributed by atoms with Gasteiger partial charge in [0.05, 0.1) is 17.4 Å². The predicted molar refractivity (Wildman–Crippen MR) is 108 cm³/mol. The first-order valence-corrected chi connectivity index (χ1v) is 9.82. The number of carbonyl (C=O) groups is 3. The molecule has 0 saturated carbocycles. The lowest BCUT2D eigenvalue weighted by atomic mass is 10.1. The Balaban J connectivity index is 1.48. The summed E-state index contributed by atoms with van der Waals surface area (Å²) in [6.07, 6.45) is -0.0837. The van der Waals surface area contributed by atoms with Gasteiger partial charge in [0.15, 0.2) is 6.61 Å².